The van der Waals surface area contributed by atoms with E-state index < -0.39 is 12.8 Å². The number of aromatic nitrogens is 3. The molecule has 0 aliphatic heterocycles. The Hall–Kier alpha value is -2.05. The average Bonchev–Trinajstić information content (AvgIpc) is 2.86. The molecular formula is C17H24F3IN6O. The van der Waals surface area contributed by atoms with E-state index in [9.17, 15) is 13.2 Å². The molecule has 7 nitrogen and oxygen atoms in total. The molecule has 0 aliphatic rings. The smallest absolute Gasteiger partial charge is 0.422 e. The van der Waals surface area contributed by atoms with Gasteiger partial charge in [0.1, 0.15) is 0 Å². The van der Waals surface area contributed by atoms with E-state index in [1.54, 1.807) is 13.1 Å². The van der Waals surface area contributed by atoms with Gasteiger partial charge in [-0.25, -0.2) is 4.98 Å². The number of alkyl halides is 3. The minimum Gasteiger partial charge on any atom is -0.468 e. The highest BCUT2D eigenvalue weighted by Gasteiger charge is 2.28. The first kappa shape index (κ1) is 24.0. The van der Waals surface area contributed by atoms with E-state index in [1.165, 1.54) is 12.3 Å². The quantitative estimate of drug-likeness (QED) is 0.354. The van der Waals surface area contributed by atoms with E-state index in [-0.39, 0.29) is 29.9 Å². The molecule has 156 valence electrons. The number of nitrogens with zero attached hydrogens (tertiary/aromatic N) is 4. The third-order valence-electron chi connectivity index (χ3n) is 3.96. The molecular weight excluding hydrogens is 488 g/mol. The monoisotopic (exact) mass is 512 g/mol. The summed E-state index contributed by atoms with van der Waals surface area (Å²) in [6.07, 6.45) is -2.92. The van der Waals surface area contributed by atoms with Crippen molar-refractivity contribution in [3.63, 3.8) is 0 Å². The Bertz CT molecular complexity index is 789. The van der Waals surface area contributed by atoms with Crippen LogP contribution < -0.4 is 15.4 Å². The fourth-order valence-electron chi connectivity index (χ4n) is 2.41. The van der Waals surface area contributed by atoms with Crippen LogP contribution in [0.5, 0.6) is 5.88 Å². The minimum atomic E-state index is -4.38. The van der Waals surface area contributed by atoms with Crippen molar-refractivity contribution in [3.8, 4) is 5.88 Å². The van der Waals surface area contributed by atoms with Crippen LogP contribution in [0.3, 0.4) is 0 Å². The van der Waals surface area contributed by atoms with Gasteiger partial charge in [-0.2, -0.15) is 18.3 Å². The van der Waals surface area contributed by atoms with Gasteiger partial charge in [-0.15, -0.1) is 24.0 Å². The van der Waals surface area contributed by atoms with Crippen LogP contribution in [-0.2, 0) is 20.1 Å². The third-order valence-corrected chi connectivity index (χ3v) is 3.96. The molecule has 0 aliphatic carbocycles. The molecule has 0 fully saturated rings. The molecule has 0 amide bonds. The Morgan fingerprint density at radius 3 is 2.39 bits per heavy atom. The summed E-state index contributed by atoms with van der Waals surface area (Å²) in [5.41, 5.74) is 3.92. The van der Waals surface area contributed by atoms with Crippen molar-refractivity contribution >= 4 is 29.9 Å². The summed E-state index contributed by atoms with van der Waals surface area (Å²) in [5, 5.41) is 10.7. The molecule has 2 heterocycles. The predicted octanol–water partition coefficient (Wildman–Crippen LogP) is 2.86. The number of ether oxygens (including phenoxy) is 1. The van der Waals surface area contributed by atoms with Gasteiger partial charge in [0.2, 0.25) is 5.88 Å². The standard InChI is InChI=1S/C17H23F3N6O.HI/c1-11-14(12(2)26(4)25-11)9-24-16(21-3)23-8-13-5-6-15(22-7-13)27-10-17(18,19)20;/h5-7H,8-10H2,1-4H3,(H2,21,23,24);1H. The molecule has 28 heavy (non-hydrogen) atoms. The van der Waals surface area contributed by atoms with E-state index in [1.807, 2.05) is 25.6 Å². The van der Waals surface area contributed by atoms with Gasteiger partial charge in [0.05, 0.1) is 5.69 Å². The van der Waals surface area contributed by atoms with Crippen molar-refractivity contribution in [1.82, 2.24) is 25.4 Å². The van der Waals surface area contributed by atoms with Crippen molar-refractivity contribution in [2.45, 2.75) is 33.1 Å². The molecule has 0 bridgehead atoms. The number of aliphatic imine (C=N–C) groups is 1. The molecule has 0 radical (unpaired) electrons. The highest BCUT2D eigenvalue weighted by Crippen LogP contribution is 2.17. The van der Waals surface area contributed by atoms with Gasteiger partial charge in [-0.3, -0.25) is 9.67 Å². The van der Waals surface area contributed by atoms with Crippen LogP contribution in [0.1, 0.15) is 22.5 Å². The first-order valence-corrected chi connectivity index (χ1v) is 8.27. The zero-order valence-corrected chi connectivity index (χ0v) is 18.4. The SMILES string of the molecule is CN=C(NCc1ccc(OCC(F)(F)F)nc1)NCc1c(C)nn(C)c1C.I. The van der Waals surface area contributed by atoms with E-state index in [0.717, 1.165) is 22.5 Å². The van der Waals surface area contributed by atoms with Crippen molar-refractivity contribution in [1.29, 1.82) is 0 Å². The Labute approximate surface area is 178 Å². The van der Waals surface area contributed by atoms with Crippen LogP contribution in [0.2, 0.25) is 0 Å². The second-order valence-corrected chi connectivity index (χ2v) is 5.96. The minimum absolute atomic E-state index is 0. The fourth-order valence-corrected chi connectivity index (χ4v) is 2.41. The topological polar surface area (TPSA) is 76.4 Å². The number of hydrogen-bond donors (Lipinski definition) is 2. The number of halogens is 4. The highest BCUT2D eigenvalue weighted by molar-refractivity contribution is 14.0. The summed E-state index contributed by atoms with van der Waals surface area (Å²) in [4.78, 5) is 8.03. The van der Waals surface area contributed by atoms with Crippen LogP contribution >= 0.6 is 24.0 Å². The van der Waals surface area contributed by atoms with Gasteiger partial charge in [0, 0.05) is 50.7 Å². The van der Waals surface area contributed by atoms with Gasteiger partial charge >= 0.3 is 6.18 Å². The molecule has 2 N–H and O–H groups in total. The summed E-state index contributed by atoms with van der Waals surface area (Å²) in [5.74, 6) is 0.524. The lowest BCUT2D eigenvalue weighted by atomic mass is 10.2. The maximum Gasteiger partial charge on any atom is 0.422 e. The molecule has 2 rings (SSSR count). The second-order valence-electron chi connectivity index (χ2n) is 5.96. The maximum atomic E-state index is 12.1. The Morgan fingerprint density at radius 2 is 1.89 bits per heavy atom. The Balaban J connectivity index is 0.00000392. The normalized spacial score (nSPS) is 11.8. The summed E-state index contributed by atoms with van der Waals surface area (Å²) in [6.45, 7) is 3.59. The van der Waals surface area contributed by atoms with E-state index in [0.29, 0.717) is 19.0 Å². The zero-order valence-electron chi connectivity index (χ0n) is 16.1. The van der Waals surface area contributed by atoms with Gasteiger partial charge in [-0.05, 0) is 19.4 Å². The number of guanidine groups is 1. The molecule has 0 atom stereocenters. The molecule has 0 saturated heterocycles. The lowest BCUT2D eigenvalue weighted by molar-refractivity contribution is -0.154. The first-order chi connectivity index (χ1) is 12.7. The summed E-state index contributed by atoms with van der Waals surface area (Å²) < 4.78 is 42.8. The Kier molecular flexibility index (Phi) is 8.98. The molecule has 0 saturated carbocycles. The van der Waals surface area contributed by atoms with Crippen molar-refractivity contribution < 1.29 is 17.9 Å². The van der Waals surface area contributed by atoms with Crippen LogP contribution in [0.4, 0.5) is 13.2 Å². The fraction of sp³-hybridized carbons (Fsp3) is 0.471. The predicted molar refractivity (Wildman–Crippen MR) is 111 cm³/mol. The average molecular weight is 512 g/mol. The van der Waals surface area contributed by atoms with Gasteiger partial charge in [0.15, 0.2) is 12.6 Å². The third kappa shape index (κ3) is 7.17. The number of hydrogen-bond acceptors (Lipinski definition) is 4. The number of rotatable bonds is 6. The van der Waals surface area contributed by atoms with Crippen LogP contribution in [0, 0.1) is 13.8 Å². The maximum absolute atomic E-state index is 12.1. The first-order valence-electron chi connectivity index (χ1n) is 8.27. The van der Waals surface area contributed by atoms with Crippen LogP contribution in [-0.4, -0.2) is 40.6 Å². The number of nitrogens with one attached hydrogen (secondary N) is 2. The van der Waals surface area contributed by atoms with Gasteiger partial charge < -0.3 is 15.4 Å². The highest BCUT2D eigenvalue weighted by atomic mass is 127. The van der Waals surface area contributed by atoms with Crippen LogP contribution in [0.25, 0.3) is 0 Å². The lowest BCUT2D eigenvalue weighted by Gasteiger charge is -2.13. The Morgan fingerprint density at radius 1 is 1.21 bits per heavy atom. The summed E-state index contributed by atoms with van der Waals surface area (Å²) in [7, 11) is 3.55. The number of pyridine rings is 1. The largest absolute Gasteiger partial charge is 0.468 e. The zero-order chi connectivity index (χ0) is 20.0. The molecule has 0 aromatic carbocycles. The number of aryl methyl sites for hydroxylation is 2. The van der Waals surface area contributed by atoms with E-state index >= 15 is 0 Å². The molecule has 2 aromatic heterocycles. The van der Waals surface area contributed by atoms with Crippen molar-refractivity contribution in [2.75, 3.05) is 13.7 Å². The summed E-state index contributed by atoms with van der Waals surface area (Å²) in [6, 6.07) is 3.05. The van der Waals surface area contributed by atoms with Crippen LogP contribution in [0.15, 0.2) is 23.3 Å². The van der Waals surface area contributed by atoms with Gasteiger partial charge in [-0.1, -0.05) is 6.07 Å². The van der Waals surface area contributed by atoms with Gasteiger partial charge in [0.25, 0.3) is 0 Å². The summed E-state index contributed by atoms with van der Waals surface area (Å²) >= 11 is 0. The molecule has 0 spiro atoms. The molecule has 11 heteroatoms. The molecule has 2 aromatic rings. The molecule has 0 unspecified atom stereocenters. The lowest BCUT2D eigenvalue weighted by Crippen LogP contribution is -2.36. The van der Waals surface area contributed by atoms with Crippen molar-refractivity contribution in [2.24, 2.45) is 12.0 Å². The second kappa shape index (κ2) is 10.5. The van der Waals surface area contributed by atoms with Crippen molar-refractivity contribution in [3.05, 3.63) is 40.8 Å². The van der Waals surface area contributed by atoms with E-state index in [2.05, 4.69) is 30.4 Å². The van der Waals surface area contributed by atoms with E-state index in [4.69, 9.17) is 0 Å².